The Balaban J connectivity index is 1.80. The molecular formula is C16H24BrNO. The zero-order valence-electron chi connectivity index (χ0n) is 12.0. The van der Waals surface area contributed by atoms with Crippen molar-refractivity contribution in [2.75, 3.05) is 25.0 Å². The molecule has 0 bridgehead atoms. The normalized spacial score (nSPS) is 17.8. The van der Waals surface area contributed by atoms with E-state index >= 15 is 0 Å². The molecule has 0 radical (unpaired) electrons. The van der Waals surface area contributed by atoms with Crippen LogP contribution in [-0.4, -0.2) is 36.0 Å². The first kappa shape index (κ1) is 15.0. The summed E-state index contributed by atoms with van der Waals surface area (Å²) in [5.74, 6) is 0. The zero-order valence-corrected chi connectivity index (χ0v) is 13.6. The van der Waals surface area contributed by atoms with Crippen LogP contribution in [0.15, 0.2) is 18.2 Å². The predicted octanol–water partition coefficient (Wildman–Crippen LogP) is 3.68. The molecular weight excluding hydrogens is 302 g/mol. The van der Waals surface area contributed by atoms with Gasteiger partial charge in [-0.15, -0.1) is 0 Å². The van der Waals surface area contributed by atoms with Gasteiger partial charge in [-0.3, -0.25) is 4.90 Å². The molecule has 2 nitrogen and oxygen atoms in total. The van der Waals surface area contributed by atoms with E-state index in [0.717, 1.165) is 44.4 Å². The lowest BCUT2D eigenvalue weighted by atomic mass is 10.0. The van der Waals surface area contributed by atoms with Gasteiger partial charge in [0.2, 0.25) is 0 Å². The summed E-state index contributed by atoms with van der Waals surface area (Å²) < 4.78 is 5.79. The van der Waals surface area contributed by atoms with Crippen molar-refractivity contribution < 1.29 is 4.74 Å². The van der Waals surface area contributed by atoms with Crippen molar-refractivity contribution in [3.05, 3.63) is 34.9 Å². The van der Waals surface area contributed by atoms with E-state index in [2.05, 4.69) is 52.9 Å². The molecule has 1 aromatic carbocycles. The highest BCUT2D eigenvalue weighted by Gasteiger charge is 2.19. The average Bonchev–Trinajstić information content (AvgIpc) is 2.42. The third-order valence-electron chi connectivity index (χ3n) is 3.94. The van der Waals surface area contributed by atoms with Crippen molar-refractivity contribution in [3.8, 4) is 0 Å². The topological polar surface area (TPSA) is 12.5 Å². The third-order valence-corrected chi connectivity index (χ3v) is 4.27. The Labute approximate surface area is 125 Å². The first-order chi connectivity index (χ1) is 9.19. The number of piperidine rings is 1. The first-order valence-electron chi connectivity index (χ1n) is 7.15. The van der Waals surface area contributed by atoms with Gasteiger partial charge in [-0.25, -0.2) is 0 Å². The molecule has 0 saturated carbocycles. The highest BCUT2D eigenvalue weighted by atomic mass is 79.9. The fourth-order valence-corrected chi connectivity index (χ4v) is 2.79. The van der Waals surface area contributed by atoms with Crippen LogP contribution in [0.3, 0.4) is 0 Å². The number of benzene rings is 1. The van der Waals surface area contributed by atoms with E-state index in [1.807, 2.05) is 0 Å². The van der Waals surface area contributed by atoms with E-state index < -0.39 is 0 Å². The van der Waals surface area contributed by atoms with Crippen LogP contribution in [0.5, 0.6) is 0 Å². The van der Waals surface area contributed by atoms with Crippen LogP contribution < -0.4 is 0 Å². The van der Waals surface area contributed by atoms with Crippen molar-refractivity contribution in [1.82, 2.24) is 4.90 Å². The van der Waals surface area contributed by atoms with E-state index in [9.17, 15) is 0 Å². The number of rotatable bonds is 5. The molecule has 0 aliphatic carbocycles. The van der Waals surface area contributed by atoms with Crippen molar-refractivity contribution in [2.24, 2.45) is 0 Å². The van der Waals surface area contributed by atoms with Crippen LogP contribution in [-0.2, 0) is 11.3 Å². The molecule has 0 amide bonds. The Morgan fingerprint density at radius 2 is 1.95 bits per heavy atom. The maximum Gasteiger partial charge on any atom is 0.0599 e. The largest absolute Gasteiger partial charge is 0.377 e. The van der Waals surface area contributed by atoms with E-state index in [1.54, 1.807) is 0 Å². The SMILES string of the molecule is Cc1ccc(CN2CCC(OCCBr)CC2)cc1C. The monoisotopic (exact) mass is 325 g/mol. The van der Waals surface area contributed by atoms with Gasteiger partial charge in [0.15, 0.2) is 0 Å². The molecule has 3 heteroatoms. The number of halogens is 1. The van der Waals surface area contributed by atoms with Gasteiger partial charge >= 0.3 is 0 Å². The Kier molecular flexibility index (Phi) is 5.86. The number of ether oxygens (including phenoxy) is 1. The lowest BCUT2D eigenvalue weighted by Gasteiger charge is -2.31. The molecule has 1 aliphatic heterocycles. The lowest BCUT2D eigenvalue weighted by molar-refractivity contribution is 0.0141. The van der Waals surface area contributed by atoms with Gasteiger partial charge in [-0.1, -0.05) is 34.1 Å². The number of nitrogens with zero attached hydrogens (tertiary/aromatic N) is 1. The number of hydrogen-bond acceptors (Lipinski definition) is 2. The van der Waals surface area contributed by atoms with Gasteiger partial charge in [0.05, 0.1) is 12.7 Å². The maximum absolute atomic E-state index is 5.79. The third kappa shape index (κ3) is 4.59. The van der Waals surface area contributed by atoms with Crippen LogP contribution in [0.25, 0.3) is 0 Å². The van der Waals surface area contributed by atoms with Crippen LogP contribution in [0.2, 0.25) is 0 Å². The summed E-state index contributed by atoms with van der Waals surface area (Å²) in [7, 11) is 0. The van der Waals surface area contributed by atoms with E-state index in [1.165, 1.54) is 16.7 Å². The smallest absolute Gasteiger partial charge is 0.0599 e. The summed E-state index contributed by atoms with van der Waals surface area (Å²) in [5, 5.41) is 0.940. The van der Waals surface area contributed by atoms with Gasteiger partial charge in [0.25, 0.3) is 0 Å². The molecule has 0 unspecified atom stereocenters. The minimum Gasteiger partial charge on any atom is -0.377 e. The van der Waals surface area contributed by atoms with Gasteiger partial charge in [-0.05, 0) is 43.4 Å². The minimum atomic E-state index is 0.466. The molecule has 0 N–H and O–H groups in total. The minimum absolute atomic E-state index is 0.466. The van der Waals surface area contributed by atoms with E-state index in [0.29, 0.717) is 6.10 Å². The molecule has 1 aromatic rings. The Morgan fingerprint density at radius 3 is 2.58 bits per heavy atom. The summed E-state index contributed by atoms with van der Waals surface area (Å²) in [6.07, 6.45) is 2.80. The molecule has 2 rings (SSSR count). The van der Waals surface area contributed by atoms with Gasteiger partial charge in [0, 0.05) is 25.0 Å². The van der Waals surface area contributed by atoms with Crippen molar-refractivity contribution in [3.63, 3.8) is 0 Å². The average molecular weight is 326 g/mol. The fourth-order valence-electron chi connectivity index (χ4n) is 2.61. The van der Waals surface area contributed by atoms with E-state index in [-0.39, 0.29) is 0 Å². The molecule has 1 fully saturated rings. The quantitative estimate of drug-likeness (QED) is 0.766. The summed E-state index contributed by atoms with van der Waals surface area (Å²) in [4.78, 5) is 2.54. The molecule has 1 aliphatic rings. The van der Waals surface area contributed by atoms with Crippen LogP contribution in [0.4, 0.5) is 0 Å². The second kappa shape index (κ2) is 7.41. The number of alkyl halides is 1. The molecule has 0 atom stereocenters. The molecule has 0 spiro atoms. The van der Waals surface area contributed by atoms with Gasteiger partial charge in [0.1, 0.15) is 0 Å². The maximum atomic E-state index is 5.79. The summed E-state index contributed by atoms with van der Waals surface area (Å²) >= 11 is 3.41. The summed E-state index contributed by atoms with van der Waals surface area (Å²) in [6.45, 7) is 8.58. The van der Waals surface area contributed by atoms with Gasteiger partial charge < -0.3 is 4.74 Å². The number of likely N-dealkylation sites (tertiary alicyclic amines) is 1. The van der Waals surface area contributed by atoms with E-state index in [4.69, 9.17) is 4.74 Å². The Bertz CT molecular complexity index is 400. The predicted molar refractivity (Wildman–Crippen MR) is 84.0 cm³/mol. The zero-order chi connectivity index (χ0) is 13.7. The molecule has 1 saturated heterocycles. The highest BCUT2D eigenvalue weighted by Crippen LogP contribution is 2.17. The second-order valence-electron chi connectivity index (χ2n) is 5.45. The van der Waals surface area contributed by atoms with Crippen LogP contribution in [0.1, 0.15) is 29.5 Å². The van der Waals surface area contributed by atoms with Crippen LogP contribution >= 0.6 is 15.9 Å². The van der Waals surface area contributed by atoms with Gasteiger partial charge in [-0.2, -0.15) is 0 Å². The highest BCUT2D eigenvalue weighted by molar-refractivity contribution is 9.09. The molecule has 1 heterocycles. The Hall–Kier alpha value is -0.380. The Morgan fingerprint density at radius 1 is 1.21 bits per heavy atom. The summed E-state index contributed by atoms with van der Waals surface area (Å²) in [5.41, 5.74) is 4.21. The lowest BCUT2D eigenvalue weighted by Crippen LogP contribution is -2.36. The standard InChI is InChI=1S/C16H24BrNO/c1-13-3-4-15(11-14(13)2)12-18-8-5-16(6-9-18)19-10-7-17/h3-4,11,16H,5-10,12H2,1-2H3. The number of aryl methyl sites for hydroxylation is 2. The van der Waals surface area contributed by atoms with Crippen molar-refractivity contribution in [1.29, 1.82) is 0 Å². The molecule has 106 valence electrons. The summed E-state index contributed by atoms with van der Waals surface area (Å²) in [6, 6.07) is 6.81. The molecule has 19 heavy (non-hydrogen) atoms. The number of hydrogen-bond donors (Lipinski definition) is 0. The fraction of sp³-hybridized carbons (Fsp3) is 0.625. The first-order valence-corrected chi connectivity index (χ1v) is 8.27. The van der Waals surface area contributed by atoms with Crippen LogP contribution in [0, 0.1) is 13.8 Å². The molecule has 0 aromatic heterocycles. The van der Waals surface area contributed by atoms with Crippen molar-refractivity contribution >= 4 is 15.9 Å². The van der Waals surface area contributed by atoms with Crippen molar-refractivity contribution in [2.45, 2.75) is 39.3 Å². The second-order valence-corrected chi connectivity index (χ2v) is 6.25.